The van der Waals surface area contributed by atoms with Crippen molar-refractivity contribution in [2.45, 2.75) is 6.42 Å². The number of amides is 2. The Morgan fingerprint density at radius 3 is 2.61 bits per heavy atom. The fourth-order valence-electron chi connectivity index (χ4n) is 2.01. The summed E-state index contributed by atoms with van der Waals surface area (Å²) in [5.41, 5.74) is 3.48. The Morgan fingerprint density at radius 2 is 1.93 bits per heavy atom. The number of rotatable bonds is 8. The van der Waals surface area contributed by atoms with Gasteiger partial charge in [0, 0.05) is 5.69 Å². The maximum atomic E-state index is 11.9. The van der Waals surface area contributed by atoms with Gasteiger partial charge in [0.1, 0.15) is 18.8 Å². The minimum absolute atomic E-state index is 0.306. The van der Waals surface area contributed by atoms with Gasteiger partial charge in [-0.15, -0.1) is 0 Å². The zero-order valence-electron chi connectivity index (χ0n) is 14.5. The summed E-state index contributed by atoms with van der Waals surface area (Å²) in [6.07, 6.45) is 2.71. The number of anilines is 1. The van der Waals surface area contributed by atoms with E-state index in [1.54, 1.807) is 36.4 Å². The van der Waals surface area contributed by atoms with Crippen molar-refractivity contribution >= 4 is 62.8 Å². The van der Waals surface area contributed by atoms with Crippen LogP contribution in [0.4, 0.5) is 5.69 Å². The van der Waals surface area contributed by atoms with E-state index in [0.717, 1.165) is 10.0 Å². The van der Waals surface area contributed by atoms with Crippen LogP contribution in [0.15, 0.2) is 58.6 Å². The first-order valence-electron chi connectivity index (χ1n) is 7.99. The molecule has 0 aliphatic heterocycles. The van der Waals surface area contributed by atoms with Crippen LogP contribution in [0.5, 0.6) is 5.75 Å². The molecule has 146 valence electrons. The first-order valence-corrected chi connectivity index (χ1v) is 9.54. The molecule has 9 heteroatoms. The molecule has 2 aromatic rings. The summed E-state index contributed by atoms with van der Waals surface area (Å²) in [5, 5.41) is 7.08. The van der Waals surface area contributed by atoms with Crippen LogP contribution < -0.4 is 15.5 Å². The Kier molecular flexibility index (Phi) is 8.50. The molecule has 0 spiro atoms. The van der Waals surface area contributed by atoms with E-state index in [-0.39, 0.29) is 0 Å². The van der Waals surface area contributed by atoms with Crippen molar-refractivity contribution in [1.29, 1.82) is 0 Å². The van der Waals surface area contributed by atoms with Gasteiger partial charge in [0.15, 0.2) is 0 Å². The van der Waals surface area contributed by atoms with Crippen molar-refractivity contribution in [2.24, 2.45) is 5.10 Å². The Bertz CT molecular complexity index is 919. The zero-order chi connectivity index (χ0) is 20.5. The molecule has 0 saturated carbocycles. The summed E-state index contributed by atoms with van der Waals surface area (Å²) in [6.45, 7) is 3.98. The molecule has 0 aromatic heterocycles. The maximum absolute atomic E-state index is 11.9. The maximum Gasteiger partial charge on any atom is 0.249 e. The van der Waals surface area contributed by atoms with E-state index in [9.17, 15) is 9.59 Å². The zero-order valence-corrected chi connectivity index (χ0v) is 17.6. The van der Waals surface area contributed by atoms with Crippen LogP contribution in [0.2, 0.25) is 10.0 Å². The minimum Gasteiger partial charge on any atom is -0.488 e. The lowest BCUT2D eigenvalue weighted by molar-refractivity contribution is -0.126. The van der Waals surface area contributed by atoms with Gasteiger partial charge in [0.2, 0.25) is 11.8 Å². The van der Waals surface area contributed by atoms with Gasteiger partial charge in [0.05, 0.1) is 20.7 Å². The largest absolute Gasteiger partial charge is 0.488 e. The number of carbonyl (C=O) groups is 2. The first kappa shape index (κ1) is 21.9. The number of nitrogens with one attached hydrogen (secondary N) is 2. The van der Waals surface area contributed by atoms with Gasteiger partial charge in [-0.1, -0.05) is 35.9 Å². The van der Waals surface area contributed by atoms with Crippen LogP contribution in [-0.2, 0) is 9.59 Å². The first-order chi connectivity index (χ1) is 13.4. The van der Waals surface area contributed by atoms with E-state index in [0.29, 0.717) is 28.1 Å². The van der Waals surface area contributed by atoms with E-state index in [1.165, 1.54) is 12.3 Å². The molecule has 0 aliphatic rings. The van der Waals surface area contributed by atoms with Gasteiger partial charge in [-0.3, -0.25) is 9.59 Å². The summed E-state index contributed by atoms with van der Waals surface area (Å²) in [6, 6.07) is 9.96. The van der Waals surface area contributed by atoms with Crippen molar-refractivity contribution in [3.8, 4) is 5.75 Å². The highest BCUT2D eigenvalue weighted by Crippen LogP contribution is 2.26. The van der Waals surface area contributed by atoms with Crippen LogP contribution in [0.3, 0.4) is 0 Å². The third kappa shape index (κ3) is 6.99. The van der Waals surface area contributed by atoms with Crippen LogP contribution >= 0.6 is 39.1 Å². The van der Waals surface area contributed by atoms with Gasteiger partial charge < -0.3 is 10.1 Å². The second-order valence-corrected chi connectivity index (χ2v) is 7.11. The third-order valence-electron chi connectivity index (χ3n) is 3.24. The van der Waals surface area contributed by atoms with Crippen molar-refractivity contribution in [3.05, 3.63) is 69.1 Å². The summed E-state index contributed by atoms with van der Waals surface area (Å²) < 4.78 is 6.19. The molecule has 0 aliphatic carbocycles. The minimum atomic E-state index is -0.557. The number of hydrogen-bond donors (Lipinski definition) is 2. The van der Waals surface area contributed by atoms with Gasteiger partial charge >= 0.3 is 0 Å². The van der Waals surface area contributed by atoms with Gasteiger partial charge in [-0.05, 0) is 57.9 Å². The Balaban J connectivity index is 1.84. The summed E-state index contributed by atoms with van der Waals surface area (Å²) in [7, 11) is 0. The van der Waals surface area contributed by atoms with E-state index in [4.69, 9.17) is 27.9 Å². The second-order valence-electron chi connectivity index (χ2n) is 5.44. The van der Waals surface area contributed by atoms with Gasteiger partial charge in [-0.2, -0.15) is 5.10 Å². The van der Waals surface area contributed by atoms with Crippen molar-refractivity contribution in [3.63, 3.8) is 0 Å². The molecule has 0 unspecified atom stereocenters. The third-order valence-corrected chi connectivity index (χ3v) is 4.60. The lowest BCUT2D eigenvalue weighted by atomic mass is 10.2. The molecular formula is C19H16BrCl2N3O3. The van der Waals surface area contributed by atoms with Crippen molar-refractivity contribution < 1.29 is 14.3 Å². The highest BCUT2D eigenvalue weighted by Gasteiger charge is 2.10. The molecule has 2 amide bonds. The molecule has 28 heavy (non-hydrogen) atoms. The van der Waals surface area contributed by atoms with E-state index in [1.807, 2.05) is 0 Å². The van der Waals surface area contributed by atoms with Gasteiger partial charge in [-0.25, -0.2) is 5.43 Å². The fraction of sp³-hybridized carbons (Fsp3) is 0.105. The topological polar surface area (TPSA) is 79.8 Å². The van der Waals surface area contributed by atoms with Crippen LogP contribution in [-0.4, -0.2) is 24.6 Å². The number of carbonyl (C=O) groups excluding carboxylic acids is 2. The Morgan fingerprint density at radius 1 is 1.14 bits per heavy atom. The Labute approximate surface area is 180 Å². The number of hydrazone groups is 1. The SMILES string of the molecule is C=CCOc1ccc(C=NNC(=O)CC(=O)Nc2ccc(Cl)c(Cl)c2)cc1Br. The standard InChI is InChI=1S/C19H16BrCl2N3O3/c1-2-7-28-17-6-3-12(8-14(17)20)11-23-25-19(27)10-18(26)24-13-4-5-15(21)16(22)9-13/h2-6,8-9,11H,1,7,10H2,(H,24,26)(H,25,27). The monoisotopic (exact) mass is 483 g/mol. The summed E-state index contributed by atoms with van der Waals surface area (Å²) >= 11 is 15.1. The number of hydrogen-bond acceptors (Lipinski definition) is 4. The number of halogens is 3. The average Bonchev–Trinajstić information content (AvgIpc) is 2.64. The van der Waals surface area contributed by atoms with Gasteiger partial charge in [0.25, 0.3) is 0 Å². The molecule has 0 fully saturated rings. The number of benzene rings is 2. The van der Waals surface area contributed by atoms with Crippen LogP contribution in [0.25, 0.3) is 0 Å². The fourth-order valence-corrected chi connectivity index (χ4v) is 2.82. The Hall–Kier alpha value is -2.35. The molecule has 0 radical (unpaired) electrons. The number of nitrogens with zero attached hydrogens (tertiary/aromatic N) is 1. The predicted molar refractivity (Wildman–Crippen MR) is 115 cm³/mol. The highest BCUT2D eigenvalue weighted by atomic mass is 79.9. The van der Waals surface area contributed by atoms with E-state index in [2.05, 4.69) is 38.4 Å². The van der Waals surface area contributed by atoms with Crippen LogP contribution in [0.1, 0.15) is 12.0 Å². The highest BCUT2D eigenvalue weighted by molar-refractivity contribution is 9.10. The molecule has 2 aromatic carbocycles. The van der Waals surface area contributed by atoms with Crippen molar-refractivity contribution in [2.75, 3.05) is 11.9 Å². The van der Waals surface area contributed by atoms with Crippen molar-refractivity contribution in [1.82, 2.24) is 5.43 Å². The van der Waals surface area contributed by atoms with E-state index < -0.39 is 18.2 Å². The second kappa shape index (κ2) is 10.8. The molecule has 6 nitrogen and oxygen atoms in total. The molecule has 0 saturated heterocycles. The summed E-state index contributed by atoms with van der Waals surface area (Å²) in [4.78, 5) is 23.7. The molecule has 0 bridgehead atoms. The lowest BCUT2D eigenvalue weighted by Gasteiger charge is -2.06. The molecule has 0 heterocycles. The quantitative estimate of drug-likeness (QED) is 0.244. The molecule has 0 atom stereocenters. The number of ether oxygens (including phenoxy) is 1. The lowest BCUT2D eigenvalue weighted by Crippen LogP contribution is -2.24. The van der Waals surface area contributed by atoms with Crippen LogP contribution in [0, 0.1) is 0 Å². The molecule has 2 rings (SSSR count). The average molecular weight is 485 g/mol. The molecule has 2 N–H and O–H groups in total. The predicted octanol–water partition coefficient (Wildman–Crippen LogP) is 4.80. The van der Waals surface area contributed by atoms with E-state index >= 15 is 0 Å². The molecular weight excluding hydrogens is 469 g/mol. The summed E-state index contributed by atoms with van der Waals surface area (Å²) in [5.74, 6) is -0.392. The smallest absolute Gasteiger partial charge is 0.249 e. The normalized spacial score (nSPS) is 10.5.